The number of rotatable bonds is 24. The number of hydrogen-bond acceptors (Lipinski definition) is 14. The number of benzene rings is 1. The number of carbonyl (C=O) groups excluding carboxylic acids is 4. The summed E-state index contributed by atoms with van der Waals surface area (Å²) in [6, 6.07) is 18.1. The normalized spacial score (nSPS) is 16.1. The molecule has 18 heteroatoms. The summed E-state index contributed by atoms with van der Waals surface area (Å²) < 4.78 is 7.92. The summed E-state index contributed by atoms with van der Waals surface area (Å²) in [7, 11) is 3.52. The Morgan fingerprint density at radius 3 is 2.31 bits per heavy atom. The third kappa shape index (κ3) is 18.9. The van der Waals surface area contributed by atoms with E-state index in [4.69, 9.17) is 14.5 Å². The minimum Gasteiger partial charge on any atom is -0.492 e. The van der Waals surface area contributed by atoms with Crippen LogP contribution in [0.25, 0.3) is 16.6 Å². The summed E-state index contributed by atoms with van der Waals surface area (Å²) in [6.07, 6.45) is 23.0. The molecule has 3 N–H and O–H groups in total. The number of hydrogen-bond donors (Lipinski definition) is 3. The predicted octanol–water partition coefficient (Wildman–Crippen LogP) is 7.74. The third-order valence-electron chi connectivity index (χ3n) is 14.7. The molecule has 2 amide bonds. The molecule has 1 unspecified atom stereocenters. The van der Waals surface area contributed by atoms with Gasteiger partial charge >= 0.3 is 0 Å². The van der Waals surface area contributed by atoms with Crippen LogP contribution in [0.4, 0.5) is 11.5 Å². The highest BCUT2D eigenvalue weighted by atomic mass is 16.5. The molecule has 0 spiro atoms. The zero-order valence-electron chi connectivity index (χ0n) is 47.2. The van der Waals surface area contributed by atoms with E-state index in [1.165, 1.54) is 38.6 Å². The number of anilines is 2. The average molecular weight is 1070 g/mol. The van der Waals surface area contributed by atoms with Crippen molar-refractivity contribution in [1.29, 1.82) is 5.26 Å². The number of carbonyl (C=O) groups is 4. The second-order valence-corrected chi connectivity index (χ2v) is 20.1. The number of piperidine rings is 2. The quantitative estimate of drug-likeness (QED) is 0.0400. The topological polar surface area (TPSA) is 205 Å². The minimum absolute atomic E-state index is 0.0933. The van der Waals surface area contributed by atoms with Crippen molar-refractivity contribution < 1.29 is 23.9 Å². The Hall–Kier alpha value is -6.94. The van der Waals surface area contributed by atoms with Crippen LogP contribution >= 0.6 is 0 Å². The summed E-state index contributed by atoms with van der Waals surface area (Å²) >= 11 is 0. The fraction of sp³-hybridized carbons (Fsp3) is 0.533. The number of fused-ring (bicyclic) bond motifs is 1. The molecule has 3 aliphatic rings. The summed E-state index contributed by atoms with van der Waals surface area (Å²) in [5.41, 5.74) is 6.76. The predicted molar refractivity (Wildman–Crippen MR) is 310 cm³/mol. The number of amides is 2. The van der Waals surface area contributed by atoms with E-state index in [0.717, 1.165) is 155 Å². The summed E-state index contributed by atoms with van der Waals surface area (Å²) in [4.78, 5) is 73.2. The molecule has 422 valence electrons. The maximum absolute atomic E-state index is 11.7. The molecule has 5 aromatic rings. The van der Waals surface area contributed by atoms with Crippen molar-refractivity contribution in [3.8, 4) is 22.9 Å². The number of ether oxygens (including phenoxy) is 1. The summed E-state index contributed by atoms with van der Waals surface area (Å²) in [6.45, 7) is 18.9. The van der Waals surface area contributed by atoms with Gasteiger partial charge in [0, 0.05) is 119 Å². The zero-order valence-corrected chi connectivity index (χ0v) is 47.2. The first-order chi connectivity index (χ1) is 38.1. The molecule has 2 atom stereocenters. The van der Waals surface area contributed by atoms with E-state index in [2.05, 4.69) is 67.5 Å². The van der Waals surface area contributed by atoms with Crippen LogP contribution < -0.4 is 30.7 Å². The van der Waals surface area contributed by atoms with Crippen molar-refractivity contribution in [2.24, 2.45) is 5.92 Å². The molecular formula is C60H86N12O6. The largest absolute Gasteiger partial charge is 0.492 e. The molecule has 0 radical (unpaired) electrons. The average Bonchev–Trinajstić information content (AvgIpc) is 3.93. The number of aromatic nitrogens is 4. The SMILES string of the molecule is CC.CCCCCCCN1CCN(c2ccc(CN(C)C(C=O)CCC)c(C=O)c2)CC1.CNC=O.N#Cc1cnn2cc(OCC3CCN(C=O)CC3)cc(-c3ccc(N4CCC[C@H](NCc5ccc(=O)[nH]c5)C4)nc3)c12. The number of pyridine rings is 3. The summed E-state index contributed by atoms with van der Waals surface area (Å²) in [5, 5.41) is 20.0. The first-order valence-corrected chi connectivity index (χ1v) is 28.3. The van der Waals surface area contributed by atoms with Crippen LogP contribution in [0, 0.1) is 17.2 Å². The van der Waals surface area contributed by atoms with Gasteiger partial charge in [-0.25, -0.2) is 9.50 Å². The number of H-pyrrole nitrogens is 1. The van der Waals surface area contributed by atoms with Gasteiger partial charge in [0.2, 0.25) is 18.4 Å². The second kappa shape index (κ2) is 34.1. The van der Waals surface area contributed by atoms with Crippen LogP contribution in [0.2, 0.25) is 0 Å². The lowest BCUT2D eigenvalue weighted by molar-refractivity contribution is -0.119. The number of likely N-dealkylation sites (tertiary alicyclic amines) is 1. The van der Waals surface area contributed by atoms with Gasteiger partial charge in [-0.2, -0.15) is 10.4 Å². The molecule has 0 saturated carbocycles. The monoisotopic (exact) mass is 1070 g/mol. The Morgan fingerprint density at radius 1 is 0.897 bits per heavy atom. The van der Waals surface area contributed by atoms with Crippen LogP contribution in [0.3, 0.4) is 0 Å². The second-order valence-electron chi connectivity index (χ2n) is 20.1. The smallest absolute Gasteiger partial charge is 0.247 e. The number of nitriles is 1. The van der Waals surface area contributed by atoms with Gasteiger partial charge in [0.1, 0.15) is 30.2 Å². The highest BCUT2D eigenvalue weighted by Gasteiger charge is 2.24. The molecule has 8 rings (SSSR count). The van der Waals surface area contributed by atoms with Crippen LogP contribution in [0.1, 0.15) is 125 Å². The van der Waals surface area contributed by atoms with Gasteiger partial charge in [-0.3, -0.25) is 29.0 Å². The van der Waals surface area contributed by atoms with Gasteiger partial charge in [0.05, 0.1) is 36.1 Å². The Labute approximate surface area is 462 Å². The molecule has 7 heterocycles. The lowest BCUT2D eigenvalue weighted by atomic mass is 9.98. The Morgan fingerprint density at radius 2 is 1.67 bits per heavy atom. The fourth-order valence-electron chi connectivity index (χ4n) is 10.1. The number of nitrogens with zero attached hydrogens (tertiary/aromatic N) is 9. The van der Waals surface area contributed by atoms with E-state index in [-0.39, 0.29) is 11.6 Å². The van der Waals surface area contributed by atoms with Crippen molar-refractivity contribution >= 4 is 42.4 Å². The number of unbranched alkanes of at least 4 members (excludes halogenated alkanes) is 4. The molecule has 3 fully saturated rings. The van der Waals surface area contributed by atoms with Crippen molar-refractivity contribution in [1.82, 2.24) is 44.9 Å². The van der Waals surface area contributed by atoms with Gasteiger partial charge in [-0.1, -0.05) is 71.9 Å². The highest BCUT2D eigenvalue weighted by molar-refractivity contribution is 5.85. The van der Waals surface area contributed by atoms with Gasteiger partial charge in [0.25, 0.3) is 0 Å². The molecular weight excluding hydrogens is 985 g/mol. The Bertz CT molecular complexity index is 2650. The lowest BCUT2D eigenvalue weighted by Crippen LogP contribution is -2.46. The van der Waals surface area contributed by atoms with Gasteiger partial charge in [0.15, 0.2) is 0 Å². The maximum atomic E-state index is 11.7. The molecule has 0 bridgehead atoms. The van der Waals surface area contributed by atoms with Crippen molar-refractivity contribution in [2.45, 2.75) is 123 Å². The highest BCUT2D eigenvalue weighted by Crippen LogP contribution is 2.32. The van der Waals surface area contributed by atoms with Gasteiger partial charge in [-0.15, -0.1) is 0 Å². The molecule has 4 aromatic heterocycles. The van der Waals surface area contributed by atoms with E-state index in [0.29, 0.717) is 49.4 Å². The van der Waals surface area contributed by atoms with E-state index < -0.39 is 0 Å². The van der Waals surface area contributed by atoms with E-state index in [1.807, 2.05) is 68.5 Å². The molecule has 78 heavy (non-hydrogen) atoms. The van der Waals surface area contributed by atoms with Crippen LogP contribution in [-0.4, -0.2) is 151 Å². The molecule has 1 aromatic carbocycles. The summed E-state index contributed by atoms with van der Waals surface area (Å²) in [5.74, 6) is 1.97. The van der Waals surface area contributed by atoms with Gasteiger partial charge < -0.3 is 39.8 Å². The van der Waals surface area contributed by atoms with Crippen molar-refractivity contribution in [3.63, 3.8) is 0 Å². The van der Waals surface area contributed by atoms with E-state index in [9.17, 15) is 24.4 Å². The number of likely N-dealkylation sites (N-methyl/N-ethyl adjacent to an activating group) is 1. The standard InChI is InChI=1S/C31H34N8O3.C25H41N3O2.C2H5NO.C2H6/c32-13-25-17-36-39-19-27(42-20-22-7-10-37(21-40)11-8-22)12-28(31(25)39)24-4-5-29(34-16-24)38-9-1-2-26(18-38)33-14-23-3-6-30(41)35-15-23;1-4-6-7-8-9-13-27-14-16-28(17-15-27)24-12-11-22(23(18-24)20-29)19-26(3)25(21-30)10-5-2;1-3-2-4;1-2/h3-6,12,15-17,19,21-22,26,33H,1-2,7-11,14,18,20H2,(H,35,41);11-12,18,20-21,25H,4-10,13-17,19H2,1-3H3;2H,1H3,(H,3,4);1-2H3/t26-;;;/m0.../s1. The van der Waals surface area contributed by atoms with E-state index in [1.54, 1.807) is 34.9 Å². The van der Waals surface area contributed by atoms with E-state index >= 15 is 0 Å². The van der Waals surface area contributed by atoms with Crippen molar-refractivity contribution in [2.75, 3.05) is 89.4 Å². The lowest BCUT2D eigenvalue weighted by Gasteiger charge is -2.36. The number of nitrogens with one attached hydrogen (secondary N) is 3. The number of aromatic amines is 1. The molecule has 18 nitrogen and oxygen atoms in total. The maximum Gasteiger partial charge on any atom is 0.247 e. The molecule has 0 aliphatic carbocycles. The van der Waals surface area contributed by atoms with Crippen LogP contribution in [-0.2, 0) is 27.5 Å². The molecule has 3 aliphatic heterocycles. The molecule has 3 saturated heterocycles. The van der Waals surface area contributed by atoms with Crippen molar-refractivity contribution in [3.05, 3.63) is 106 Å². The fourth-order valence-corrected chi connectivity index (χ4v) is 10.1. The zero-order chi connectivity index (χ0) is 56.1. The Balaban J connectivity index is 0.000000274. The first kappa shape index (κ1) is 61.9. The Kier molecular flexibility index (Phi) is 27.0. The van der Waals surface area contributed by atoms with Gasteiger partial charge in [-0.05, 0) is 99.5 Å². The van der Waals surface area contributed by atoms with Crippen LogP contribution in [0.5, 0.6) is 5.75 Å². The number of aldehydes is 2. The third-order valence-corrected chi connectivity index (χ3v) is 14.7. The first-order valence-electron chi connectivity index (χ1n) is 28.3. The minimum atomic E-state index is -0.0955. The van der Waals surface area contributed by atoms with Crippen LogP contribution in [0.15, 0.2) is 78.1 Å². The number of piperazine rings is 1.